The van der Waals surface area contributed by atoms with E-state index in [2.05, 4.69) is 15.5 Å². The number of sulfonamides is 1. The molecule has 3 N–H and O–H groups in total. The molecule has 0 aromatic carbocycles. The molecule has 0 saturated heterocycles. The van der Waals surface area contributed by atoms with E-state index in [-0.39, 0.29) is 16.5 Å². The Hall–Kier alpha value is -3.12. The predicted octanol–water partition coefficient (Wildman–Crippen LogP) is -1.42. The Labute approximate surface area is 173 Å². The highest BCUT2D eigenvalue weighted by Crippen LogP contribution is 2.45. The molecular formula is C13H12F3N7O6S2. The Bertz CT molecular complexity index is 1340. The fourth-order valence-corrected chi connectivity index (χ4v) is 5.11. The van der Waals surface area contributed by atoms with Crippen LogP contribution < -0.4 is 26.6 Å². The van der Waals surface area contributed by atoms with Crippen molar-refractivity contribution < 1.29 is 31.2 Å². The van der Waals surface area contributed by atoms with E-state index in [1.807, 2.05) is 0 Å². The normalized spacial score (nSPS) is 18.6. The van der Waals surface area contributed by atoms with E-state index in [1.54, 1.807) is 5.32 Å². The zero-order valence-corrected chi connectivity index (χ0v) is 17.3. The topological polar surface area (TPSA) is 174 Å². The number of hydrogen-bond acceptors (Lipinski definition) is 9. The summed E-state index contributed by atoms with van der Waals surface area (Å²) in [5, 5.41) is 10.1. The zero-order valence-electron chi connectivity index (χ0n) is 15.7. The molecule has 1 aliphatic heterocycles. The number of halogens is 3. The maximum absolute atomic E-state index is 14.2. The van der Waals surface area contributed by atoms with Crippen LogP contribution in [0.25, 0.3) is 0 Å². The van der Waals surface area contributed by atoms with E-state index < -0.39 is 60.5 Å². The number of anilines is 2. The van der Waals surface area contributed by atoms with Crippen molar-refractivity contribution in [3.8, 4) is 0 Å². The van der Waals surface area contributed by atoms with Gasteiger partial charge < -0.3 is 10.6 Å². The summed E-state index contributed by atoms with van der Waals surface area (Å²) in [6.45, 7) is 1.08. The molecule has 1 aliphatic rings. The van der Waals surface area contributed by atoms with Gasteiger partial charge in [-0.3, -0.25) is 23.5 Å². The van der Waals surface area contributed by atoms with Crippen molar-refractivity contribution in [3.05, 3.63) is 26.4 Å². The molecule has 0 spiro atoms. The second-order valence-corrected chi connectivity index (χ2v) is 9.12. The Morgan fingerprint density at radius 2 is 1.77 bits per heavy atom. The highest BCUT2D eigenvalue weighted by atomic mass is 32.2. The van der Waals surface area contributed by atoms with Gasteiger partial charge in [0.25, 0.3) is 21.5 Å². The molecule has 0 aliphatic carbocycles. The van der Waals surface area contributed by atoms with E-state index >= 15 is 0 Å². The van der Waals surface area contributed by atoms with Gasteiger partial charge in [-0.15, -0.1) is 10.2 Å². The first-order valence-electron chi connectivity index (χ1n) is 7.97. The van der Waals surface area contributed by atoms with Crippen LogP contribution in [-0.2, 0) is 39.2 Å². The third-order valence-corrected chi connectivity index (χ3v) is 6.90. The number of hydrogen-bond donors (Lipinski definition) is 3. The first-order chi connectivity index (χ1) is 14.1. The Balaban J connectivity index is 2.26. The summed E-state index contributed by atoms with van der Waals surface area (Å²) in [6, 6.07) is 0. The summed E-state index contributed by atoms with van der Waals surface area (Å²) in [5.74, 6) is -3.40. The number of carbonyl (C=O) groups excluding carboxylic acids is 2. The molecule has 0 unspecified atom stereocenters. The SMILES string of the molecule is CC(=O)Nc1nnc(S(=O)(=O)N[C@]2(C(F)(F)F)C(=O)Nc3c2c(=O)n(C)c(=O)n3C)s1. The smallest absolute Gasteiger partial charge is 0.309 e. The molecule has 0 radical (unpaired) electrons. The Morgan fingerprint density at radius 1 is 1.16 bits per heavy atom. The van der Waals surface area contributed by atoms with Crippen LogP contribution >= 0.6 is 11.3 Å². The van der Waals surface area contributed by atoms with E-state index in [9.17, 15) is 40.8 Å². The largest absolute Gasteiger partial charge is 0.421 e. The molecule has 0 bridgehead atoms. The fourth-order valence-electron chi connectivity index (χ4n) is 2.83. The van der Waals surface area contributed by atoms with Crippen LogP contribution in [0.4, 0.5) is 24.1 Å². The highest BCUT2D eigenvalue weighted by Gasteiger charge is 2.69. The van der Waals surface area contributed by atoms with Crippen molar-refractivity contribution in [3.63, 3.8) is 0 Å². The third kappa shape index (κ3) is 3.31. The Morgan fingerprint density at radius 3 is 2.32 bits per heavy atom. The van der Waals surface area contributed by atoms with Gasteiger partial charge in [-0.2, -0.15) is 17.9 Å². The summed E-state index contributed by atoms with van der Waals surface area (Å²) >= 11 is 0.214. The van der Waals surface area contributed by atoms with Gasteiger partial charge in [0.2, 0.25) is 20.9 Å². The fraction of sp³-hybridized carbons (Fsp3) is 0.385. The van der Waals surface area contributed by atoms with Crippen molar-refractivity contribution in [1.29, 1.82) is 0 Å². The average molecular weight is 483 g/mol. The van der Waals surface area contributed by atoms with Gasteiger partial charge in [0.05, 0.1) is 5.56 Å². The predicted molar refractivity (Wildman–Crippen MR) is 97.8 cm³/mol. The van der Waals surface area contributed by atoms with Crippen molar-refractivity contribution in [2.75, 3.05) is 10.6 Å². The lowest BCUT2D eigenvalue weighted by Crippen LogP contribution is -2.62. The molecule has 2 amide bonds. The number of amides is 2. The van der Waals surface area contributed by atoms with Crippen LogP contribution in [-0.4, -0.2) is 45.7 Å². The van der Waals surface area contributed by atoms with Crippen molar-refractivity contribution in [2.45, 2.75) is 23.0 Å². The van der Waals surface area contributed by atoms with Crippen LogP contribution in [0.5, 0.6) is 0 Å². The lowest BCUT2D eigenvalue weighted by Gasteiger charge is -2.29. The molecular weight excluding hydrogens is 471 g/mol. The Kier molecular flexibility index (Phi) is 5.06. The highest BCUT2D eigenvalue weighted by molar-refractivity contribution is 7.91. The molecule has 0 fully saturated rings. The minimum atomic E-state index is -5.65. The number of aromatic nitrogens is 4. The maximum atomic E-state index is 14.2. The molecule has 13 nitrogen and oxygen atoms in total. The maximum Gasteiger partial charge on any atom is 0.421 e. The van der Waals surface area contributed by atoms with Gasteiger partial charge >= 0.3 is 11.9 Å². The zero-order chi connectivity index (χ0) is 23.5. The van der Waals surface area contributed by atoms with Crippen molar-refractivity contribution >= 4 is 44.1 Å². The number of alkyl halides is 3. The van der Waals surface area contributed by atoms with Crippen LogP contribution in [0.3, 0.4) is 0 Å². The number of rotatable bonds is 4. The van der Waals surface area contributed by atoms with E-state index in [4.69, 9.17) is 0 Å². The molecule has 2 aromatic rings. The average Bonchev–Trinajstić information content (AvgIpc) is 3.21. The molecule has 18 heteroatoms. The van der Waals surface area contributed by atoms with Crippen molar-refractivity contribution in [1.82, 2.24) is 24.1 Å². The second-order valence-electron chi connectivity index (χ2n) is 6.29. The third-order valence-electron chi connectivity index (χ3n) is 4.24. The quantitative estimate of drug-likeness (QED) is 0.444. The first-order valence-corrected chi connectivity index (χ1v) is 10.3. The lowest BCUT2D eigenvalue weighted by atomic mass is 9.93. The molecule has 1 atom stereocenters. The van der Waals surface area contributed by atoms with Gasteiger partial charge in [-0.25, -0.2) is 13.2 Å². The van der Waals surface area contributed by atoms with Crippen LogP contribution in [0.15, 0.2) is 13.9 Å². The summed E-state index contributed by atoms with van der Waals surface area (Å²) in [7, 11) is -3.34. The van der Waals surface area contributed by atoms with Gasteiger partial charge in [0.1, 0.15) is 5.82 Å². The molecule has 168 valence electrons. The number of fused-ring (bicyclic) bond motifs is 1. The summed E-state index contributed by atoms with van der Waals surface area (Å²) < 4.78 is 69.0. The van der Waals surface area contributed by atoms with E-state index in [0.717, 1.165) is 21.0 Å². The minimum Gasteiger partial charge on any atom is -0.309 e. The second kappa shape index (κ2) is 6.95. The molecule has 31 heavy (non-hydrogen) atoms. The molecule has 3 rings (SSSR count). The van der Waals surface area contributed by atoms with Crippen LogP contribution in [0.1, 0.15) is 12.5 Å². The summed E-state index contributed by atoms with van der Waals surface area (Å²) in [6.07, 6.45) is -5.65. The summed E-state index contributed by atoms with van der Waals surface area (Å²) in [5.41, 5.74) is -7.96. The minimum absolute atomic E-state index is 0.214. The van der Waals surface area contributed by atoms with Gasteiger partial charge in [-0.05, 0) is 0 Å². The number of carbonyl (C=O) groups is 2. The molecule has 3 heterocycles. The van der Waals surface area contributed by atoms with Crippen LogP contribution in [0.2, 0.25) is 0 Å². The van der Waals surface area contributed by atoms with Gasteiger partial charge in [-0.1, -0.05) is 11.3 Å². The van der Waals surface area contributed by atoms with Crippen LogP contribution in [0, 0.1) is 0 Å². The number of nitrogens with one attached hydrogen (secondary N) is 3. The summed E-state index contributed by atoms with van der Waals surface area (Å²) in [4.78, 5) is 48.1. The van der Waals surface area contributed by atoms with E-state index in [1.165, 1.54) is 4.72 Å². The monoisotopic (exact) mass is 483 g/mol. The standard InChI is InChI=1S/C13H12F3N7O6S2/c1-4(24)17-9-19-20-10(30-9)31(28,29)21-12(13(14,15)16)5-6(18-8(12)26)22(2)11(27)23(3)7(5)25/h21H,1-3H3,(H,18,26)(H,17,19,24)/t12-/m0/s1. The van der Waals surface area contributed by atoms with Crippen molar-refractivity contribution in [2.24, 2.45) is 14.1 Å². The number of nitrogens with zero attached hydrogens (tertiary/aromatic N) is 4. The molecule has 2 aromatic heterocycles. The molecule has 0 saturated carbocycles. The van der Waals surface area contributed by atoms with Gasteiger partial charge in [0, 0.05) is 21.0 Å². The first kappa shape index (κ1) is 22.6. The van der Waals surface area contributed by atoms with Gasteiger partial charge in [0.15, 0.2) is 0 Å². The lowest BCUT2D eigenvalue weighted by molar-refractivity contribution is -0.194. The van der Waals surface area contributed by atoms with E-state index in [0.29, 0.717) is 9.13 Å².